The molecular weight excluding hydrogens is 945 g/mol. The maximum absolute atomic E-state index is 12.4. The molecule has 32 heteroatoms. The fourth-order valence-electron chi connectivity index (χ4n) is 5.41. The number of ether oxygens (including phenoxy) is 1. The number of amides is 3. The van der Waals surface area contributed by atoms with Crippen molar-refractivity contribution in [2.45, 2.75) is 81.9 Å². The highest BCUT2D eigenvalue weighted by atomic mass is 33.1. The number of anilines is 1. The Morgan fingerprint density at radius 2 is 1.70 bits per heavy atom. The second-order valence-corrected chi connectivity index (χ2v) is 20.3. The van der Waals surface area contributed by atoms with Crippen LogP contribution in [0.5, 0.6) is 0 Å². The van der Waals surface area contributed by atoms with Crippen molar-refractivity contribution in [1.29, 1.82) is 0 Å². The van der Waals surface area contributed by atoms with Gasteiger partial charge in [0, 0.05) is 49.9 Å². The van der Waals surface area contributed by atoms with Crippen LogP contribution in [0, 0.1) is 11.8 Å². The molecule has 27 nitrogen and oxygen atoms in total. The number of carbonyl (C=O) groups is 5. The quantitative estimate of drug-likeness (QED) is 0.0236. The number of carboxylic acids is 2. The minimum absolute atomic E-state index is 0.0450. The standard InChI is InChI=1S/C31H47N8O19P3S2/c32-19(30(45)35-10-3-1-2-6-24(42)38-20(31(46)47)7-8-26(43)44)16-63-62-12-9-23(41)34-11-4-5-18-14-39(29-27(18)28(33)36-17-37-29)25-13-21(40)22(56-25)15-55-60(51,52)58-61(53,54)57-59(48,49)50/h14,17,19-22,25,40H,1-3,6-13,15-16,32H2,(H,34,41)(H,35,45)(H,38,42)(H,43,44)(H,46,47)(H,51,52)(H,53,54)(H2,33,36,37)(H2,48,49,50)/t19?,20?,21-,22+,25+/m1/s1. The molecule has 1 fully saturated rings. The van der Waals surface area contributed by atoms with Crippen LogP contribution in [-0.2, 0) is 55.5 Å². The normalized spacial score (nSPS) is 19.2. The molecule has 7 atom stereocenters. The summed E-state index contributed by atoms with van der Waals surface area (Å²) in [5.74, 6) is 2.72. The first-order chi connectivity index (χ1) is 29.5. The molecule has 1 aliphatic heterocycles. The number of fused-ring (bicyclic) bond motifs is 1. The van der Waals surface area contributed by atoms with Gasteiger partial charge < -0.3 is 71.6 Å². The molecule has 0 saturated carbocycles. The Labute approximate surface area is 366 Å². The summed E-state index contributed by atoms with van der Waals surface area (Å²) in [6, 6.07) is -2.10. The van der Waals surface area contributed by atoms with Crippen molar-refractivity contribution < 1.29 is 90.4 Å². The van der Waals surface area contributed by atoms with Crippen molar-refractivity contribution >= 4 is 91.6 Å². The number of phosphoric acid groups is 3. The molecular formula is C31H47N8O19P3S2. The van der Waals surface area contributed by atoms with Crippen LogP contribution in [0.3, 0.4) is 0 Å². The number of phosphoric ester groups is 1. The summed E-state index contributed by atoms with van der Waals surface area (Å²) in [7, 11) is -14.2. The summed E-state index contributed by atoms with van der Waals surface area (Å²) in [6.07, 6.45) is 0.00498. The number of hydrogen-bond acceptors (Lipinski definition) is 19. The molecule has 3 amide bonds. The average molecular weight is 993 g/mol. The van der Waals surface area contributed by atoms with Gasteiger partial charge in [0.25, 0.3) is 0 Å². The smallest absolute Gasteiger partial charge is 0.481 e. The summed E-state index contributed by atoms with van der Waals surface area (Å²) in [6.45, 7) is -0.633. The number of unbranched alkanes of at least 4 members (excludes halogenated alkanes) is 2. The van der Waals surface area contributed by atoms with Crippen molar-refractivity contribution in [2.75, 3.05) is 36.9 Å². The molecule has 0 spiro atoms. The molecule has 1 aliphatic rings. The van der Waals surface area contributed by atoms with Gasteiger partial charge in [-0.1, -0.05) is 39.8 Å². The highest BCUT2D eigenvalue weighted by Crippen LogP contribution is 2.66. The topological polar surface area (TPSA) is 434 Å². The van der Waals surface area contributed by atoms with Gasteiger partial charge >= 0.3 is 35.4 Å². The molecule has 0 bridgehead atoms. The van der Waals surface area contributed by atoms with Gasteiger partial charge in [-0.15, -0.1) is 0 Å². The monoisotopic (exact) mass is 992 g/mol. The largest absolute Gasteiger partial charge is 0.490 e. The van der Waals surface area contributed by atoms with Gasteiger partial charge in [0.2, 0.25) is 17.7 Å². The van der Waals surface area contributed by atoms with Crippen molar-refractivity contribution in [3.8, 4) is 11.8 Å². The van der Waals surface area contributed by atoms with Crippen molar-refractivity contribution in [1.82, 2.24) is 30.5 Å². The van der Waals surface area contributed by atoms with Crippen LogP contribution in [-0.4, -0.2) is 135 Å². The Hall–Kier alpha value is -3.68. The van der Waals surface area contributed by atoms with E-state index < -0.39 is 84.9 Å². The third kappa shape index (κ3) is 19.5. The van der Waals surface area contributed by atoms with Crippen LogP contribution in [0.25, 0.3) is 11.0 Å². The summed E-state index contributed by atoms with van der Waals surface area (Å²) < 4.78 is 53.7. The lowest BCUT2D eigenvalue weighted by molar-refractivity contribution is -0.143. The number of rotatable bonds is 27. The van der Waals surface area contributed by atoms with Crippen molar-refractivity contribution in [3.63, 3.8) is 0 Å². The van der Waals surface area contributed by atoms with E-state index in [1.54, 1.807) is 0 Å². The maximum Gasteiger partial charge on any atom is 0.490 e. The first-order valence-corrected chi connectivity index (χ1v) is 25.5. The first kappa shape index (κ1) is 53.7. The van der Waals surface area contributed by atoms with E-state index in [0.717, 1.165) is 0 Å². The van der Waals surface area contributed by atoms with Crippen LogP contribution in [0.4, 0.5) is 5.82 Å². The van der Waals surface area contributed by atoms with E-state index in [4.69, 9.17) is 36.2 Å². The van der Waals surface area contributed by atoms with Gasteiger partial charge in [-0.05, 0) is 19.3 Å². The molecule has 0 radical (unpaired) electrons. The number of hydrogen-bond donors (Lipinski definition) is 12. The molecule has 3 rings (SSSR count). The minimum atomic E-state index is -5.76. The summed E-state index contributed by atoms with van der Waals surface area (Å²) in [5, 5.41) is 36.4. The Bertz CT molecular complexity index is 2150. The number of aromatic nitrogens is 3. The van der Waals surface area contributed by atoms with Gasteiger partial charge in [-0.3, -0.25) is 23.7 Å². The zero-order valence-electron chi connectivity index (χ0n) is 32.9. The van der Waals surface area contributed by atoms with E-state index in [1.165, 1.54) is 38.7 Å². The third-order valence-electron chi connectivity index (χ3n) is 8.31. The summed E-state index contributed by atoms with van der Waals surface area (Å²) >= 11 is 0. The Kier molecular flexibility index (Phi) is 21.4. The lowest BCUT2D eigenvalue weighted by atomic mass is 10.1. The Morgan fingerprint density at radius 1 is 0.968 bits per heavy atom. The van der Waals surface area contributed by atoms with Gasteiger partial charge in [0.1, 0.15) is 36.2 Å². The number of aliphatic hydroxyl groups is 1. The number of nitrogen functional groups attached to an aromatic ring is 1. The molecule has 1 saturated heterocycles. The van der Waals surface area contributed by atoms with Gasteiger partial charge in [-0.2, -0.15) is 8.62 Å². The predicted molar refractivity (Wildman–Crippen MR) is 222 cm³/mol. The van der Waals surface area contributed by atoms with E-state index in [9.17, 15) is 52.6 Å². The first-order valence-electron chi connectivity index (χ1n) is 18.5. The summed E-state index contributed by atoms with van der Waals surface area (Å²) in [5.41, 5.74) is 12.6. The number of aliphatic hydroxyl groups excluding tert-OH is 1. The van der Waals surface area contributed by atoms with E-state index >= 15 is 0 Å². The molecule has 352 valence electrons. The number of carboxylic acid groups (broad SMARTS) is 2. The predicted octanol–water partition coefficient (Wildman–Crippen LogP) is -0.317. The van der Waals surface area contributed by atoms with E-state index in [2.05, 4.69) is 50.9 Å². The fraction of sp³-hybridized carbons (Fsp3) is 0.581. The van der Waals surface area contributed by atoms with Gasteiger partial charge in [-0.25, -0.2) is 28.5 Å². The number of aliphatic carboxylic acids is 2. The van der Waals surface area contributed by atoms with Crippen LogP contribution in [0.1, 0.15) is 63.2 Å². The second-order valence-electron chi connectivity index (χ2n) is 13.3. The zero-order chi connectivity index (χ0) is 47.0. The van der Waals surface area contributed by atoms with Crippen LogP contribution in [0.2, 0.25) is 0 Å². The van der Waals surface area contributed by atoms with E-state index in [-0.39, 0.29) is 61.3 Å². The number of nitrogens with zero attached hydrogens (tertiary/aromatic N) is 3. The third-order valence-corrected chi connectivity index (χ3v) is 14.6. The molecule has 4 unspecified atom stereocenters. The average Bonchev–Trinajstić information content (AvgIpc) is 3.73. The Balaban J connectivity index is 1.36. The van der Waals surface area contributed by atoms with Crippen molar-refractivity contribution in [3.05, 3.63) is 18.1 Å². The molecule has 2 aromatic heterocycles. The van der Waals surface area contributed by atoms with Crippen molar-refractivity contribution in [2.24, 2.45) is 5.73 Å². The molecule has 0 aromatic carbocycles. The number of nitrogens with one attached hydrogen (secondary N) is 3. The molecule has 2 aromatic rings. The summed E-state index contributed by atoms with van der Waals surface area (Å²) in [4.78, 5) is 103. The van der Waals surface area contributed by atoms with Crippen LogP contribution in [0.15, 0.2) is 12.5 Å². The lowest BCUT2D eigenvalue weighted by Gasteiger charge is -2.19. The van der Waals surface area contributed by atoms with Gasteiger partial charge in [0.05, 0.1) is 36.2 Å². The zero-order valence-corrected chi connectivity index (χ0v) is 37.2. The molecule has 3 heterocycles. The van der Waals surface area contributed by atoms with E-state index in [1.807, 2.05) is 0 Å². The van der Waals surface area contributed by atoms with Crippen LogP contribution >= 0.6 is 45.1 Å². The second kappa shape index (κ2) is 25.1. The Morgan fingerprint density at radius 3 is 2.38 bits per heavy atom. The lowest BCUT2D eigenvalue weighted by Crippen LogP contribution is -2.42. The molecule has 63 heavy (non-hydrogen) atoms. The molecule has 14 N–H and O–H groups in total. The van der Waals surface area contributed by atoms with Crippen LogP contribution < -0.4 is 27.4 Å². The van der Waals surface area contributed by atoms with E-state index in [0.29, 0.717) is 42.5 Å². The fourth-order valence-corrected chi connectivity index (χ4v) is 10.6. The molecule has 0 aliphatic carbocycles. The number of nitrogens with two attached hydrogens (primary N) is 2. The highest BCUT2D eigenvalue weighted by Gasteiger charge is 2.43. The van der Waals surface area contributed by atoms with Gasteiger partial charge in [0.15, 0.2) is 0 Å². The number of carbonyl (C=O) groups excluding carboxylic acids is 3. The highest BCUT2D eigenvalue weighted by molar-refractivity contribution is 8.76. The SMILES string of the molecule is Nc1ncnc2c1c(C#CCNC(=O)CCSSCC(N)C(=O)NCCCCCC(=O)NC(CCC(=O)O)C(=O)O)cn2[C@@H]1C[C@@H](O)[C@H](COP(=O)(O)OP(=O)(O)OP(=O)(O)O)O1. The maximum atomic E-state index is 12.4. The minimum Gasteiger partial charge on any atom is -0.481 e.